The van der Waals surface area contributed by atoms with E-state index in [0.717, 1.165) is 5.69 Å². The summed E-state index contributed by atoms with van der Waals surface area (Å²) in [5.41, 5.74) is 2.27. The number of oxazole rings is 1. The molecule has 98 valence electrons. The van der Waals surface area contributed by atoms with E-state index >= 15 is 0 Å². The van der Waals surface area contributed by atoms with Crippen LogP contribution >= 0.6 is 0 Å². The molecule has 0 aromatic carbocycles. The minimum absolute atomic E-state index is 0.267. The molecule has 4 aromatic heterocycles. The molecule has 0 bridgehead atoms. The maximum atomic E-state index is 5.18. The lowest BCUT2D eigenvalue weighted by atomic mass is 10.1. The van der Waals surface area contributed by atoms with Gasteiger partial charge in [-0.1, -0.05) is 5.16 Å². The van der Waals surface area contributed by atoms with E-state index in [4.69, 9.17) is 13.5 Å². The number of nitrogens with zero attached hydrogens (tertiary/aromatic N) is 5. The summed E-state index contributed by atoms with van der Waals surface area (Å²) in [6, 6.07) is 1.79. The second kappa shape index (κ2) is 4.16. The summed E-state index contributed by atoms with van der Waals surface area (Å²) < 4.78 is 15.3. The fraction of sp³-hybridized carbons (Fsp3) is 0. The summed E-state index contributed by atoms with van der Waals surface area (Å²) in [6.07, 6.45) is 6.04. The van der Waals surface area contributed by atoms with Crippen LogP contribution in [0.15, 0.2) is 44.4 Å². The monoisotopic (exact) mass is 270 g/mol. The van der Waals surface area contributed by atoms with Crippen LogP contribution < -0.4 is 0 Å². The molecular weight excluding hydrogens is 264 g/mol. The van der Waals surface area contributed by atoms with Crippen LogP contribution in [0.5, 0.6) is 0 Å². The lowest BCUT2D eigenvalue weighted by Gasteiger charge is -1.95. The predicted molar refractivity (Wildman–Crippen MR) is 62.9 cm³/mol. The Morgan fingerprint density at radius 3 is 2.95 bits per heavy atom. The maximum Gasteiger partial charge on any atom is 0.268 e. The minimum Gasteiger partial charge on any atom is -0.442 e. The quantitative estimate of drug-likeness (QED) is 0.598. The first kappa shape index (κ1) is 10.7. The molecule has 1 N–H and O–H groups in total. The van der Waals surface area contributed by atoms with E-state index in [2.05, 4.69) is 30.7 Å². The van der Waals surface area contributed by atoms with Crippen LogP contribution in [0.2, 0.25) is 0 Å². The maximum absolute atomic E-state index is 5.18. The molecule has 4 rings (SSSR count). The van der Waals surface area contributed by atoms with Crippen LogP contribution in [0.4, 0.5) is 0 Å². The van der Waals surface area contributed by atoms with Gasteiger partial charge in [0.15, 0.2) is 5.69 Å². The van der Waals surface area contributed by atoms with E-state index < -0.39 is 0 Å². The molecule has 4 heterocycles. The highest BCUT2D eigenvalue weighted by atomic mass is 16.5. The molecule has 0 fully saturated rings. The predicted octanol–water partition coefficient (Wildman–Crippen LogP) is 1.77. The van der Waals surface area contributed by atoms with E-state index in [1.165, 1.54) is 18.7 Å². The van der Waals surface area contributed by atoms with Gasteiger partial charge in [-0.2, -0.15) is 5.10 Å². The third-order valence-electron chi connectivity index (χ3n) is 2.70. The van der Waals surface area contributed by atoms with Gasteiger partial charge < -0.3 is 13.5 Å². The van der Waals surface area contributed by atoms with E-state index in [1.807, 2.05) is 0 Å². The number of hydrogen-bond donors (Lipinski definition) is 1. The van der Waals surface area contributed by atoms with E-state index in [0.29, 0.717) is 17.0 Å². The summed E-state index contributed by atoms with van der Waals surface area (Å²) in [5.74, 6) is 0.549. The number of nitrogens with one attached hydrogen (secondary N) is 1. The molecule has 0 radical (unpaired) electrons. The van der Waals surface area contributed by atoms with Crippen molar-refractivity contribution in [3.05, 3.63) is 31.0 Å². The highest BCUT2D eigenvalue weighted by Crippen LogP contribution is 2.34. The Hall–Kier alpha value is -3.23. The van der Waals surface area contributed by atoms with Crippen molar-refractivity contribution in [2.45, 2.75) is 0 Å². The number of hydrogen-bond acceptors (Lipinski definition) is 8. The fourth-order valence-electron chi connectivity index (χ4n) is 1.83. The highest BCUT2D eigenvalue weighted by Gasteiger charge is 2.24. The molecular formula is C11H6N6O3. The molecule has 0 aliphatic rings. The minimum atomic E-state index is 0.267. The average molecular weight is 270 g/mol. The summed E-state index contributed by atoms with van der Waals surface area (Å²) in [5, 5.41) is 18.1. The van der Waals surface area contributed by atoms with Gasteiger partial charge in [-0.15, -0.1) is 5.10 Å². The first-order valence-electron chi connectivity index (χ1n) is 5.60. The van der Waals surface area contributed by atoms with Crippen LogP contribution in [-0.2, 0) is 0 Å². The van der Waals surface area contributed by atoms with Crippen molar-refractivity contribution in [1.29, 1.82) is 0 Å². The first-order valence-corrected chi connectivity index (χ1v) is 5.60. The van der Waals surface area contributed by atoms with Gasteiger partial charge in [0.2, 0.25) is 0 Å². The topological polar surface area (TPSA) is 120 Å². The molecule has 0 atom stereocenters. The van der Waals surface area contributed by atoms with Gasteiger partial charge in [-0.05, 0) is 6.07 Å². The van der Waals surface area contributed by atoms with Gasteiger partial charge in [0.05, 0.1) is 17.5 Å². The molecule has 9 nitrogen and oxygen atoms in total. The summed E-state index contributed by atoms with van der Waals surface area (Å²) in [7, 11) is 0. The Balaban J connectivity index is 1.88. The van der Waals surface area contributed by atoms with E-state index in [-0.39, 0.29) is 11.7 Å². The highest BCUT2D eigenvalue weighted by molar-refractivity contribution is 5.81. The summed E-state index contributed by atoms with van der Waals surface area (Å²) in [6.45, 7) is 0. The van der Waals surface area contributed by atoms with Crippen molar-refractivity contribution in [3.63, 3.8) is 0 Å². The second-order valence-corrected chi connectivity index (χ2v) is 3.84. The van der Waals surface area contributed by atoms with Crippen LogP contribution in [0.1, 0.15) is 0 Å². The van der Waals surface area contributed by atoms with Gasteiger partial charge >= 0.3 is 0 Å². The van der Waals surface area contributed by atoms with E-state index in [1.54, 1.807) is 12.3 Å². The van der Waals surface area contributed by atoms with Crippen molar-refractivity contribution >= 4 is 0 Å². The molecule has 0 amide bonds. The normalized spacial score (nSPS) is 11.0. The van der Waals surface area contributed by atoms with Gasteiger partial charge in [0.25, 0.3) is 11.7 Å². The Morgan fingerprint density at radius 1 is 1.15 bits per heavy atom. The number of aromatic nitrogens is 6. The third kappa shape index (κ3) is 1.53. The Bertz CT molecular complexity index is 744. The Labute approximate surface area is 110 Å². The zero-order chi connectivity index (χ0) is 13.4. The molecule has 0 aliphatic carbocycles. The standard InChI is InChI=1S/C11H6N6O3/c1-2-13-14-7(1)6-5-19-16-8(6)9-10(20-17-15-9)11-12-3-4-18-11/h1-5H,(H,13,14). The van der Waals surface area contributed by atoms with Gasteiger partial charge in [0, 0.05) is 11.5 Å². The third-order valence-corrected chi connectivity index (χ3v) is 2.70. The largest absolute Gasteiger partial charge is 0.442 e. The molecule has 0 spiro atoms. The molecule has 4 aromatic rings. The van der Waals surface area contributed by atoms with Crippen molar-refractivity contribution in [3.8, 4) is 34.3 Å². The van der Waals surface area contributed by atoms with Crippen LogP contribution in [-0.4, -0.2) is 30.7 Å². The zero-order valence-electron chi connectivity index (χ0n) is 9.85. The smallest absolute Gasteiger partial charge is 0.268 e. The van der Waals surface area contributed by atoms with Crippen molar-refractivity contribution in [1.82, 2.24) is 30.7 Å². The molecule has 0 saturated carbocycles. The molecule has 0 aliphatic heterocycles. The van der Waals surface area contributed by atoms with Gasteiger partial charge in [-0.25, -0.2) is 4.98 Å². The summed E-state index contributed by atoms with van der Waals surface area (Å²) in [4.78, 5) is 4.00. The van der Waals surface area contributed by atoms with Crippen LogP contribution in [0, 0.1) is 0 Å². The molecule has 20 heavy (non-hydrogen) atoms. The SMILES string of the molecule is c1cc(-c2conc2-c2nnoc2-c2ncco2)[nH]n1. The number of aromatic amines is 1. The summed E-state index contributed by atoms with van der Waals surface area (Å²) >= 11 is 0. The van der Waals surface area contributed by atoms with Crippen molar-refractivity contribution in [2.75, 3.05) is 0 Å². The van der Waals surface area contributed by atoms with Crippen molar-refractivity contribution < 1.29 is 13.5 Å². The van der Waals surface area contributed by atoms with Crippen molar-refractivity contribution in [2.24, 2.45) is 0 Å². The molecule has 9 heteroatoms. The van der Waals surface area contributed by atoms with Gasteiger partial charge in [-0.3, -0.25) is 5.10 Å². The Morgan fingerprint density at radius 2 is 2.15 bits per heavy atom. The van der Waals surface area contributed by atoms with Gasteiger partial charge in [0.1, 0.15) is 18.2 Å². The average Bonchev–Trinajstić information content (AvgIpc) is 3.23. The first-order chi connectivity index (χ1) is 9.93. The van der Waals surface area contributed by atoms with Crippen LogP contribution in [0.3, 0.4) is 0 Å². The lowest BCUT2D eigenvalue weighted by Crippen LogP contribution is -1.86. The lowest BCUT2D eigenvalue weighted by molar-refractivity contribution is 0.391. The molecule has 0 saturated heterocycles. The van der Waals surface area contributed by atoms with Crippen LogP contribution in [0.25, 0.3) is 34.3 Å². The number of H-pyrrole nitrogens is 1. The zero-order valence-corrected chi connectivity index (χ0v) is 9.85. The Kier molecular flexibility index (Phi) is 2.22. The second-order valence-electron chi connectivity index (χ2n) is 3.84. The van der Waals surface area contributed by atoms with E-state index in [9.17, 15) is 0 Å². The number of rotatable bonds is 3. The fourth-order valence-corrected chi connectivity index (χ4v) is 1.83. The molecule has 0 unspecified atom stereocenters.